The first-order valence-electron chi connectivity index (χ1n) is 9.26. The maximum Gasteiger partial charge on any atom is 0.243 e. The van der Waals surface area contributed by atoms with Gasteiger partial charge in [0.15, 0.2) is 0 Å². The van der Waals surface area contributed by atoms with Crippen molar-refractivity contribution >= 4 is 20.0 Å². The van der Waals surface area contributed by atoms with Gasteiger partial charge in [-0.25, -0.2) is 21.6 Å². The van der Waals surface area contributed by atoms with E-state index in [1.807, 2.05) is 0 Å². The number of hydrogen-bond acceptors (Lipinski definition) is 4. The number of benzene rings is 1. The van der Waals surface area contributed by atoms with Crippen LogP contribution in [0.4, 0.5) is 0 Å². The molecule has 0 amide bonds. The van der Waals surface area contributed by atoms with Crippen LogP contribution in [0.1, 0.15) is 47.0 Å². The first-order chi connectivity index (χ1) is 12.1. The monoisotopic (exact) mass is 402 g/mol. The summed E-state index contributed by atoms with van der Waals surface area (Å²) in [6, 6.07) is 5.40. The first kappa shape index (κ1) is 21.3. The van der Waals surface area contributed by atoms with Crippen LogP contribution in [0.5, 0.6) is 0 Å². The van der Waals surface area contributed by atoms with Crippen LogP contribution in [0, 0.1) is 11.8 Å². The van der Waals surface area contributed by atoms with E-state index in [0.717, 1.165) is 19.3 Å². The Morgan fingerprint density at radius 2 is 1.50 bits per heavy atom. The molecule has 1 aliphatic carbocycles. The van der Waals surface area contributed by atoms with Crippen LogP contribution in [-0.2, 0) is 20.0 Å². The molecule has 1 N–H and O–H groups in total. The third-order valence-corrected chi connectivity index (χ3v) is 9.06. The van der Waals surface area contributed by atoms with E-state index in [2.05, 4.69) is 18.6 Å². The van der Waals surface area contributed by atoms with E-state index in [0.29, 0.717) is 19.0 Å². The van der Waals surface area contributed by atoms with Gasteiger partial charge in [-0.3, -0.25) is 0 Å². The molecule has 0 radical (unpaired) electrons. The molecule has 0 aliphatic heterocycles. The minimum atomic E-state index is -3.67. The zero-order valence-electron chi connectivity index (χ0n) is 16.0. The van der Waals surface area contributed by atoms with Gasteiger partial charge in [0, 0.05) is 19.1 Å². The summed E-state index contributed by atoms with van der Waals surface area (Å²) in [5.74, 6) is 0.763. The van der Waals surface area contributed by atoms with Gasteiger partial charge in [0.25, 0.3) is 0 Å². The van der Waals surface area contributed by atoms with E-state index in [9.17, 15) is 16.8 Å². The van der Waals surface area contributed by atoms with Crippen LogP contribution in [-0.4, -0.2) is 40.3 Å². The smallest absolute Gasteiger partial charge is 0.208 e. The Bertz CT molecular complexity index is 800. The molecule has 6 nitrogen and oxygen atoms in total. The van der Waals surface area contributed by atoms with E-state index in [4.69, 9.17) is 0 Å². The van der Waals surface area contributed by atoms with Crippen LogP contribution in [0.3, 0.4) is 0 Å². The quantitative estimate of drug-likeness (QED) is 0.760. The summed E-state index contributed by atoms with van der Waals surface area (Å²) in [5, 5.41) is 0. The van der Waals surface area contributed by atoms with Crippen molar-refractivity contribution in [3.8, 4) is 0 Å². The minimum absolute atomic E-state index is 0.0807. The summed E-state index contributed by atoms with van der Waals surface area (Å²) >= 11 is 0. The number of sulfonamides is 2. The first-order valence-corrected chi connectivity index (χ1v) is 12.2. The lowest BCUT2D eigenvalue weighted by Crippen LogP contribution is -2.43. The molecule has 0 saturated heterocycles. The second-order valence-electron chi connectivity index (χ2n) is 7.06. The number of rotatable bonds is 7. The molecule has 1 aromatic rings. The fourth-order valence-electron chi connectivity index (χ4n) is 3.52. The van der Waals surface area contributed by atoms with Gasteiger partial charge >= 0.3 is 0 Å². The van der Waals surface area contributed by atoms with E-state index >= 15 is 0 Å². The molecule has 1 saturated carbocycles. The SMILES string of the molecule is CCN(CC)S(=O)(=O)c1ccc(S(=O)(=O)N[C@@H]2CCC[C@H](C)[C@@H]2C)cc1. The molecule has 8 heteroatoms. The highest BCUT2D eigenvalue weighted by Crippen LogP contribution is 2.30. The van der Waals surface area contributed by atoms with Gasteiger partial charge in [-0.15, -0.1) is 0 Å². The van der Waals surface area contributed by atoms with Crippen molar-refractivity contribution in [3.05, 3.63) is 24.3 Å². The predicted molar refractivity (Wildman–Crippen MR) is 103 cm³/mol. The third kappa shape index (κ3) is 4.47. The predicted octanol–water partition coefficient (Wildman–Crippen LogP) is 2.82. The van der Waals surface area contributed by atoms with Crippen molar-refractivity contribution < 1.29 is 16.8 Å². The molecule has 2 rings (SSSR count). The second-order valence-corrected chi connectivity index (χ2v) is 10.7. The van der Waals surface area contributed by atoms with Crippen molar-refractivity contribution in [2.24, 2.45) is 11.8 Å². The molecule has 1 aliphatic rings. The topological polar surface area (TPSA) is 83.6 Å². The highest BCUT2D eigenvalue weighted by atomic mass is 32.2. The average molecular weight is 403 g/mol. The number of nitrogens with zero attached hydrogens (tertiary/aromatic N) is 1. The number of hydrogen-bond donors (Lipinski definition) is 1. The summed E-state index contributed by atoms with van der Waals surface area (Å²) in [5.41, 5.74) is 0. The van der Waals surface area contributed by atoms with Crippen molar-refractivity contribution in [1.29, 1.82) is 0 Å². The maximum atomic E-state index is 12.7. The number of nitrogens with one attached hydrogen (secondary N) is 1. The highest BCUT2D eigenvalue weighted by molar-refractivity contribution is 7.89. The molecule has 0 aromatic heterocycles. The molecule has 0 bridgehead atoms. The van der Waals surface area contributed by atoms with Crippen LogP contribution < -0.4 is 4.72 Å². The van der Waals surface area contributed by atoms with Gasteiger partial charge in [0.2, 0.25) is 20.0 Å². The summed E-state index contributed by atoms with van der Waals surface area (Å²) in [4.78, 5) is 0.209. The van der Waals surface area contributed by atoms with E-state index < -0.39 is 20.0 Å². The van der Waals surface area contributed by atoms with Gasteiger partial charge in [-0.05, 0) is 42.5 Å². The van der Waals surface area contributed by atoms with Crippen LogP contribution >= 0.6 is 0 Å². The van der Waals surface area contributed by atoms with Crippen LogP contribution in [0.15, 0.2) is 34.1 Å². The van der Waals surface area contributed by atoms with E-state index in [1.54, 1.807) is 13.8 Å². The zero-order valence-corrected chi connectivity index (χ0v) is 17.6. The zero-order chi connectivity index (χ0) is 19.5. The van der Waals surface area contributed by atoms with Gasteiger partial charge in [-0.1, -0.05) is 40.5 Å². The molecule has 0 heterocycles. The Labute approximate surface area is 158 Å². The largest absolute Gasteiger partial charge is 0.243 e. The molecule has 0 spiro atoms. The van der Waals surface area contributed by atoms with E-state index in [1.165, 1.54) is 28.6 Å². The van der Waals surface area contributed by atoms with E-state index in [-0.39, 0.29) is 21.8 Å². The molecular formula is C18H30N2O4S2. The molecular weight excluding hydrogens is 372 g/mol. The summed E-state index contributed by atoms with van der Waals surface area (Å²) in [6.07, 6.45) is 2.97. The molecule has 148 valence electrons. The van der Waals surface area contributed by atoms with Crippen LogP contribution in [0.2, 0.25) is 0 Å². The fraction of sp³-hybridized carbons (Fsp3) is 0.667. The summed E-state index contributed by atoms with van der Waals surface area (Å²) in [6.45, 7) is 8.53. The third-order valence-electron chi connectivity index (χ3n) is 5.49. The molecule has 3 atom stereocenters. The molecule has 1 aromatic carbocycles. The van der Waals surface area contributed by atoms with Crippen LogP contribution in [0.25, 0.3) is 0 Å². The lowest BCUT2D eigenvalue weighted by atomic mass is 9.78. The lowest BCUT2D eigenvalue weighted by Gasteiger charge is -2.34. The maximum absolute atomic E-state index is 12.7. The fourth-order valence-corrected chi connectivity index (χ4v) is 6.34. The minimum Gasteiger partial charge on any atom is -0.208 e. The Balaban J connectivity index is 2.21. The van der Waals surface area contributed by atoms with Crippen molar-refractivity contribution in [2.45, 2.75) is 62.8 Å². The average Bonchev–Trinajstić information content (AvgIpc) is 2.60. The van der Waals surface area contributed by atoms with Crippen molar-refractivity contribution in [1.82, 2.24) is 9.03 Å². The summed E-state index contributed by atoms with van der Waals surface area (Å²) < 4.78 is 54.6. The summed E-state index contributed by atoms with van der Waals surface area (Å²) in [7, 11) is -7.26. The highest BCUT2D eigenvalue weighted by Gasteiger charge is 2.31. The van der Waals surface area contributed by atoms with Crippen molar-refractivity contribution in [2.75, 3.05) is 13.1 Å². The normalized spacial score (nSPS) is 24.7. The second kappa shape index (κ2) is 8.37. The lowest BCUT2D eigenvalue weighted by molar-refractivity contribution is 0.227. The Hall–Kier alpha value is -0.960. The van der Waals surface area contributed by atoms with Gasteiger partial charge in [-0.2, -0.15) is 4.31 Å². The Morgan fingerprint density at radius 1 is 0.962 bits per heavy atom. The van der Waals surface area contributed by atoms with Crippen molar-refractivity contribution in [3.63, 3.8) is 0 Å². The Kier molecular flexibility index (Phi) is 6.87. The molecule has 26 heavy (non-hydrogen) atoms. The molecule has 0 unspecified atom stereocenters. The Morgan fingerprint density at radius 3 is 2.04 bits per heavy atom. The molecule has 1 fully saturated rings. The standard InChI is InChI=1S/C18H30N2O4S2/c1-5-20(6-2)26(23,24)17-12-10-16(11-13-17)25(21,22)19-18-9-7-8-14(3)15(18)4/h10-15,18-19H,5-9H2,1-4H3/t14-,15-,18+/m0/s1. The van der Waals surface area contributed by atoms with Gasteiger partial charge in [0.05, 0.1) is 9.79 Å². The van der Waals surface area contributed by atoms with Gasteiger partial charge in [0.1, 0.15) is 0 Å². The van der Waals surface area contributed by atoms with Gasteiger partial charge < -0.3 is 0 Å².